The van der Waals surface area contributed by atoms with E-state index in [1.165, 1.54) is 36.4 Å². The number of aromatic nitrogens is 2. The van der Waals surface area contributed by atoms with Gasteiger partial charge >= 0.3 is 6.01 Å². The molecule has 3 aromatic carbocycles. The number of halogens is 1. The van der Waals surface area contributed by atoms with Crippen LogP contribution in [0.3, 0.4) is 0 Å². The lowest BCUT2D eigenvalue weighted by Gasteiger charge is -2.10. The van der Waals surface area contributed by atoms with Gasteiger partial charge in [0.05, 0.1) is 16.2 Å². The lowest BCUT2D eigenvalue weighted by molar-refractivity contribution is -0.384. The van der Waals surface area contributed by atoms with Gasteiger partial charge in [-0.15, -0.1) is 5.10 Å². The monoisotopic (exact) mass is 463 g/mol. The zero-order valence-electron chi connectivity index (χ0n) is 16.7. The topological polar surface area (TPSA) is 140 Å². The number of para-hydroxylation sites is 1. The van der Waals surface area contributed by atoms with E-state index in [2.05, 4.69) is 20.8 Å². The summed E-state index contributed by atoms with van der Waals surface area (Å²) in [6.45, 7) is 0. The van der Waals surface area contributed by atoms with E-state index in [-0.39, 0.29) is 28.8 Å². The van der Waals surface area contributed by atoms with E-state index in [1.54, 1.807) is 36.4 Å². The zero-order chi connectivity index (χ0) is 23.4. The quantitative estimate of drug-likeness (QED) is 0.309. The number of carbonyl (C=O) groups excluding carboxylic acids is 2. The largest absolute Gasteiger partial charge is 0.403 e. The first kappa shape index (κ1) is 21.7. The van der Waals surface area contributed by atoms with E-state index in [4.69, 9.17) is 16.0 Å². The first-order valence-electron chi connectivity index (χ1n) is 9.46. The van der Waals surface area contributed by atoms with Crippen molar-refractivity contribution < 1.29 is 18.9 Å². The number of non-ortho nitro benzene ring substituents is 1. The van der Waals surface area contributed by atoms with E-state index in [0.717, 1.165) is 0 Å². The fraction of sp³-hybridized carbons (Fsp3) is 0. The van der Waals surface area contributed by atoms with Gasteiger partial charge in [0.2, 0.25) is 5.89 Å². The molecule has 0 aliphatic heterocycles. The van der Waals surface area contributed by atoms with Gasteiger partial charge in [0, 0.05) is 28.3 Å². The predicted molar refractivity (Wildman–Crippen MR) is 120 cm³/mol. The maximum absolute atomic E-state index is 12.8. The number of nitrogens with zero attached hydrogens (tertiary/aromatic N) is 3. The molecular weight excluding hydrogens is 450 g/mol. The molecule has 0 radical (unpaired) electrons. The second-order valence-corrected chi connectivity index (χ2v) is 7.12. The number of benzene rings is 3. The SMILES string of the molecule is O=C(Nc1ccccc1C(=O)Nc1nnc(-c2ccc([N+](=O)[O-])cc2)o1)c1cccc(Cl)c1. The summed E-state index contributed by atoms with van der Waals surface area (Å²) in [5, 5.41) is 24.0. The average Bonchev–Trinajstić information content (AvgIpc) is 3.28. The van der Waals surface area contributed by atoms with Gasteiger partial charge in [0.1, 0.15) is 0 Å². The van der Waals surface area contributed by atoms with Gasteiger partial charge in [0.25, 0.3) is 17.5 Å². The molecule has 4 rings (SSSR count). The Morgan fingerprint density at radius 2 is 1.67 bits per heavy atom. The van der Waals surface area contributed by atoms with Gasteiger partial charge in [-0.05, 0) is 42.5 Å². The number of rotatable bonds is 6. The van der Waals surface area contributed by atoms with Crippen molar-refractivity contribution in [1.29, 1.82) is 0 Å². The Bertz CT molecular complexity index is 1350. The van der Waals surface area contributed by atoms with Crippen molar-refractivity contribution >= 4 is 40.8 Å². The first-order chi connectivity index (χ1) is 15.9. The molecule has 2 amide bonds. The minimum absolute atomic E-state index is 0.0720. The van der Waals surface area contributed by atoms with Crippen molar-refractivity contribution in [3.05, 3.63) is 99.1 Å². The van der Waals surface area contributed by atoms with Crippen molar-refractivity contribution in [3.63, 3.8) is 0 Å². The summed E-state index contributed by atoms with van der Waals surface area (Å²) >= 11 is 5.93. The molecule has 10 nitrogen and oxygen atoms in total. The Hall–Kier alpha value is -4.57. The second kappa shape index (κ2) is 9.28. The number of hydrogen-bond donors (Lipinski definition) is 2. The number of carbonyl (C=O) groups is 2. The Balaban J connectivity index is 1.49. The Labute approximate surface area is 191 Å². The standard InChI is InChI=1S/C22H14ClN5O5/c23-15-5-3-4-14(12-15)19(29)24-18-7-2-1-6-17(18)20(30)25-22-27-26-21(33-22)13-8-10-16(11-9-13)28(31)32/h1-12H,(H,24,29)(H,25,27,30). The van der Waals surface area contributed by atoms with Gasteiger partial charge in [-0.3, -0.25) is 25.0 Å². The van der Waals surface area contributed by atoms with Crippen LogP contribution in [0, 0.1) is 10.1 Å². The summed E-state index contributed by atoms with van der Waals surface area (Å²) < 4.78 is 5.44. The molecule has 11 heteroatoms. The van der Waals surface area contributed by atoms with Crippen LogP contribution in [0.25, 0.3) is 11.5 Å². The average molecular weight is 464 g/mol. The number of hydrogen-bond acceptors (Lipinski definition) is 7. The number of amides is 2. The fourth-order valence-corrected chi connectivity index (χ4v) is 3.09. The Morgan fingerprint density at radius 1 is 0.909 bits per heavy atom. The van der Waals surface area contributed by atoms with E-state index >= 15 is 0 Å². The van der Waals surface area contributed by atoms with Crippen LogP contribution in [0.1, 0.15) is 20.7 Å². The van der Waals surface area contributed by atoms with Crippen LogP contribution in [0.2, 0.25) is 5.02 Å². The number of nitro benzene ring substituents is 1. The normalized spacial score (nSPS) is 10.5. The van der Waals surface area contributed by atoms with Crippen molar-refractivity contribution in [1.82, 2.24) is 10.2 Å². The zero-order valence-corrected chi connectivity index (χ0v) is 17.4. The minimum atomic E-state index is -0.587. The highest BCUT2D eigenvalue weighted by molar-refractivity contribution is 6.31. The van der Waals surface area contributed by atoms with Crippen molar-refractivity contribution in [3.8, 4) is 11.5 Å². The van der Waals surface area contributed by atoms with Gasteiger partial charge in [-0.2, -0.15) is 0 Å². The Morgan fingerprint density at radius 3 is 2.39 bits per heavy atom. The van der Waals surface area contributed by atoms with E-state index in [0.29, 0.717) is 16.1 Å². The highest BCUT2D eigenvalue weighted by atomic mass is 35.5. The molecule has 0 unspecified atom stereocenters. The third-order valence-corrected chi connectivity index (χ3v) is 4.71. The van der Waals surface area contributed by atoms with Gasteiger partial charge < -0.3 is 9.73 Å². The smallest absolute Gasteiger partial charge is 0.322 e. The molecule has 164 valence electrons. The van der Waals surface area contributed by atoms with Crippen LogP contribution in [0.4, 0.5) is 17.4 Å². The Kier molecular flexibility index (Phi) is 6.09. The molecule has 0 aliphatic rings. The maximum Gasteiger partial charge on any atom is 0.322 e. The molecule has 0 saturated carbocycles. The summed E-state index contributed by atoms with van der Waals surface area (Å²) in [6.07, 6.45) is 0. The summed E-state index contributed by atoms with van der Waals surface area (Å²) in [6, 6.07) is 18.2. The number of anilines is 2. The minimum Gasteiger partial charge on any atom is -0.403 e. The predicted octanol–water partition coefficient (Wildman–Crippen LogP) is 4.80. The molecular formula is C22H14ClN5O5. The first-order valence-corrected chi connectivity index (χ1v) is 9.84. The van der Waals surface area contributed by atoms with Gasteiger partial charge in [-0.1, -0.05) is 34.9 Å². The van der Waals surface area contributed by atoms with Crippen LogP contribution in [-0.2, 0) is 0 Å². The lowest BCUT2D eigenvalue weighted by Crippen LogP contribution is -2.18. The highest BCUT2D eigenvalue weighted by Gasteiger charge is 2.18. The van der Waals surface area contributed by atoms with Crippen LogP contribution < -0.4 is 10.6 Å². The van der Waals surface area contributed by atoms with E-state index in [9.17, 15) is 19.7 Å². The summed E-state index contributed by atoms with van der Waals surface area (Å²) in [7, 11) is 0. The van der Waals surface area contributed by atoms with Gasteiger partial charge in [0.15, 0.2) is 0 Å². The third-order valence-electron chi connectivity index (χ3n) is 4.48. The second-order valence-electron chi connectivity index (χ2n) is 6.68. The third kappa shape index (κ3) is 5.02. The molecule has 0 bridgehead atoms. The molecule has 0 spiro atoms. The molecule has 0 saturated heterocycles. The van der Waals surface area contributed by atoms with E-state index in [1.807, 2.05) is 0 Å². The lowest BCUT2D eigenvalue weighted by atomic mass is 10.1. The number of nitrogens with one attached hydrogen (secondary N) is 2. The van der Waals surface area contributed by atoms with Crippen molar-refractivity contribution in [2.45, 2.75) is 0 Å². The fourth-order valence-electron chi connectivity index (χ4n) is 2.89. The molecule has 0 fully saturated rings. The summed E-state index contributed by atoms with van der Waals surface area (Å²) in [5.41, 5.74) is 1.14. The van der Waals surface area contributed by atoms with Crippen LogP contribution in [-0.4, -0.2) is 26.9 Å². The van der Waals surface area contributed by atoms with E-state index < -0.39 is 16.7 Å². The van der Waals surface area contributed by atoms with Crippen LogP contribution in [0.15, 0.2) is 77.2 Å². The molecule has 0 aliphatic carbocycles. The molecule has 2 N–H and O–H groups in total. The number of nitro groups is 1. The van der Waals surface area contributed by atoms with Crippen molar-refractivity contribution in [2.75, 3.05) is 10.6 Å². The molecule has 0 atom stereocenters. The summed E-state index contributed by atoms with van der Waals surface area (Å²) in [5.74, 6) is -0.949. The molecule has 1 aromatic heterocycles. The van der Waals surface area contributed by atoms with Crippen molar-refractivity contribution in [2.24, 2.45) is 0 Å². The van der Waals surface area contributed by atoms with Crippen LogP contribution >= 0.6 is 11.6 Å². The molecule has 1 heterocycles. The molecule has 4 aromatic rings. The molecule has 33 heavy (non-hydrogen) atoms. The van der Waals surface area contributed by atoms with Crippen LogP contribution in [0.5, 0.6) is 0 Å². The summed E-state index contributed by atoms with van der Waals surface area (Å²) in [4.78, 5) is 35.6. The maximum atomic E-state index is 12.8. The van der Waals surface area contributed by atoms with Gasteiger partial charge in [-0.25, -0.2) is 0 Å². The highest BCUT2D eigenvalue weighted by Crippen LogP contribution is 2.24.